The summed E-state index contributed by atoms with van der Waals surface area (Å²) in [6, 6.07) is 3.55. The lowest BCUT2D eigenvalue weighted by atomic mass is 10.3. The minimum absolute atomic E-state index is 0.0790. The van der Waals surface area contributed by atoms with Crippen molar-refractivity contribution in [3.05, 3.63) is 24.0 Å². The standard InChI is InChI=1S/C9H12N2O2/c12-9(8-4-3-5-10-8)11-6-1-2-7-13-11/h3-5,10H,1-2,6-7H2. The highest BCUT2D eigenvalue weighted by Crippen LogP contribution is 2.09. The maximum Gasteiger partial charge on any atom is 0.293 e. The number of hydrogen-bond donors (Lipinski definition) is 1. The van der Waals surface area contributed by atoms with Crippen LogP contribution in [0.3, 0.4) is 0 Å². The molecule has 0 aliphatic carbocycles. The molecule has 2 rings (SSSR count). The number of hydrogen-bond acceptors (Lipinski definition) is 2. The minimum atomic E-state index is -0.0790. The van der Waals surface area contributed by atoms with E-state index in [1.165, 1.54) is 5.06 Å². The zero-order chi connectivity index (χ0) is 9.10. The van der Waals surface area contributed by atoms with E-state index in [0.29, 0.717) is 18.8 Å². The predicted molar refractivity (Wildman–Crippen MR) is 47.0 cm³/mol. The molecular weight excluding hydrogens is 168 g/mol. The second-order valence-electron chi connectivity index (χ2n) is 3.03. The van der Waals surface area contributed by atoms with E-state index in [1.807, 2.05) is 0 Å². The molecule has 13 heavy (non-hydrogen) atoms. The molecule has 0 saturated carbocycles. The summed E-state index contributed by atoms with van der Waals surface area (Å²) in [7, 11) is 0. The number of rotatable bonds is 1. The summed E-state index contributed by atoms with van der Waals surface area (Å²) in [5, 5.41) is 1.43. The van der Waals surface area contributed by atoms with Crippen LogP contribution < -0.4 is 0 Å². The van der Waals surface area contributed by atoms with Crippen molar-refractivity contribution in [3.63, 3.8) is 0 Å². The van der Waals surface area contributed by atoms with Crippen LogP contribution in [0.1, 0.15) is 23.3 Å². The molecule has 1 saturated heterocycles. The summed E-state index contributed by atoms with van der Waals surface area (Å²) in [6.07, 6.45) is 3.79. The van der Waals surface area contributed by atoms with Crippen LogP contribution in [0.25, 0.3) is 0 Å². The van der Waals surface area contributed by atoms with Crippen LogP contribution in [0.4, 0.5) is 0 Å². The van der Waals surface area contributed by atoms with Crippen LogP contribution in [0.2, 0.25) is 0 Å². The fourth-order valence-corrected chi connectivity index (χ4v) is 1.35. The van der Waals surface area contributed by atoms with Crippen LogP contribution in [0, 0.1) is 0 Å². The van der Waals surface area contributed by atoms with E-state index in [2.05, 4.69) is 4.98 Å². The number of nitrogens with zero attached hydrogens (tertiary/aromatic N) is 1. The van der Waals surface area contributed by atoms with Gasteiger partial charge in [-0.05, 0) is 25.0 Å². The lowest BCUT2D eigenvalue weighted by Gasteiger charge is -2.25. The van der Waals surface area contributed by atoms with Crippen LogP contribution in [0.5, 0.6) is 0 Å². The molecule has 0 aromatic carbocycles. The second-order valence-corrected chi connectivity index (χ2v) is 3.03. The van der Waals surface area contributed by atoms with Gasteiger partial charge in [-0.15, -0.1) is 0 Å². The van der Waals surface area contributed by atoms with Gasteiger partial charge in [-0.1, -0.05) is 0 Å². The summed E-state index contributed by atoms with van der Waals surface area (Å²) in [5.41, 5.74) is 0.585. The molecule has 2 heterocycles. The van der Waals surface area contributed by atoms with Gasteiger partial charge in [0.15, 0.2) is 0 Å². The zero-order valence-electron chi connectivity index (χ0n) is 7.32. The monoisotopic (exact) mass is 180 g/mol. The average Bonchev–Trinajstić information content (AvgIpc) is 2.71. The van der Waals surface area contributed by atoms with Crippen LogP contribution in [-0.4, -0.2) is 29.1 Å². The van der Waals surface area contributed by atoms with E-state index in [4.69, 9.17) is 4.84 Å². The number of aromatic nitrogens is 1. The molecule has 1 amide bonds. The lowest BCUT2D eigenvalue weighted by Crippen LogP contribution is -2.35. The molecule has 1 aromatic heterocycles. The Kier molecular flexibility index (Phi) is 2.31. The van der Waals surface area contributed by atoms with Crippen molar-refractivity contribution in [1.82, 2.24) is 10.0 Å². The predicted octanol–water partition coefficient (Wildman–Crippen LogP) is 1.18. The first-order chi connectivity index (χ1) is 6.38. The SMILES string of the molecule is O=C(c1ccc[nH]1)N1CCCCO1. The van der Waals surface area contributed by atoms with Crippen LogP contribution in [-0.2, 0) is 4.84 Å². The Morgan fingerprint density at radius 3 is 3.08 bits per heavy atom. The maximum absolute atomic E-state index is 11.6. The third-order valence-electron chi connectivity index (χ3n) is 2.06. The molecule has 4 nitrogen and oxygen atoms in total. The van der Waals surface area contributed by atoms with Crippen molar-refractivity contribution < 1.29 is 9.63 Å². The molecular formula is C9H12N2O2. The third kappa shape index (κ3) is 1.72. The van der Waals surface area contributed by atoms with E-state index >= 15 is 0 Å². The van der Waals surface area contributed by atoms with E-state index in [-0.39, 0.29) is 5.91 Å². The highest BCUT2D eigenvalue weighted by atomic mass is 16.7. The van der Waals surface area contributed by atoms with E-state index in [0.717, 1.165) is 12.8 Å². The summed E-state index contributed by atoms with van der Waals surface area (Å²) in [5.74, 6) is -0.0790. The first-order valence-electron chi connectivity index (χ1n) is 4.46. The van der Waals surface area contributed by atoms with E-state index in [1.54, 1.807) is 18.3 Å². The Morgan fingerprint density at radius 2 is 2.46 bits per heavy atom. The Labute approximate surface area is 76.4 Å². The summed E-state index contributed by atoms with van der Waals surface area (Å²) < 4.78 is 0. The summed E-state index contributed by atoms with van der Waals surface area (Å²) in [4.78, 5) is 19.7. The van der Waals surface area contributed by atoms with Gasteiger partial charge in [0.2, 0.25) is 0 Å². The number of carbonyl (C=O) groups excluding carboxylic acids is 1. The topological polar surface area (TPSA) is 45.3 Å². The molecule has 0 radical (unpaired) electrons. The van der Waals surface area contributed by atoms with Crippen LogP contribution >= 0.6 is 0 Å². The maximum atomic E-state index is 11.6. The fourth-order valence-electron chi connectivity index (χ4n) is 1.35. The third-order valence-corrected chi connectivity index (χ3v) is 2.06. The molecule has 0 atom stereocenters. The molecule has 1 aromatic rings. The van der Waals surface area contributed by atoms with Gasteiger partial charge in [0.25, 0.3) is 5.91 Å². The minimum Gasteiger partial charge on any atom is -0.357 e. The average molecular weight is 180 g/mol. The number of H-pyrrole nitrogens is 1. The van der Waals surface area contributed by atoms with Gasteiger partial charge in [-0.25, -0.2) is 5.06 Å². The van der Waals surface area contributed by atoms with Gasteiger partial charge in [0.05, 0.1) is 6.61 Å². The number of hydroxylamine groups is 2. The number of carbonyl (C=O) groups is 1. The molecule has 1 fully saturated rings. The van der Waals surface area contributed by atoms with Gasteiger partial charge in [-0.3, -0.25) is 9.63 Å². The molecule has 0 spiro atoms. The largest absolute Gasteiger partial charge is 0.357 e. The smallest absolute Gasteiger partial charge is 0.293 e. The molecule has 0 unspecified atom stereocenters. The van der Waals surface area contributed by atoms with Crippen molar-refractivity contribution in [3.8, 4) is 0 Å². The quantitative estimate of drug-likeness (QED) is 0.705. The van der Waals surface area contributed by atoms with Crippen molar-refractivity contribution in [2.45, 2.75) is 12.8 Å². The highest BCUT2D eigenvalue weighted by molar-refractivity contribution is 5.91. The molecule has 1 aliphatic rings. The molecule has 1 N–H and O–H groups in total. The Hall–Kier alpha value is -1.29. The van der Waals surface area contributed by atoms with E-state index < -0.39 is 0 Å². The Balaban J connectivity index is 2.04. The summed E-state index contributed by atoms with van der Waals surface area (Å²) >= 11 is 0. The first kappa shape index (κ1) is 8.31. The number of amides is 1. The normalized spacial score (nSPS) is 17.4. The molecule has 4 heteroatoms. The molecule has 1 aliphatic heterocycles. The molecule has 0 bridgehead atoms. The zero-order valence-corrected chi connectivity index (χ0v) is 7.32. The van der Waals surface area contributed by atoms with Crippen molar-refractivity contribution in [2.24, 2.45) is 0 Å². The van der Waals surface area contributed by atoms with Crippen molar-refractivity contribution >= 4 is 5.91 Å². The first-order valence-corrected chi connectivity index (χ1v) is 4.46. The summed E-state index contributed by atoms with van der Waals surface area (Å²) in [6.45, 7) is 1.34. The fraction of sp³-hybridized carbons (Fsp3) is 0.444. The number of aromatic amines is 1. The second kappa shape index (κ2) is 3.62. The lowest BCUT2D eigenvalue weighted by molar-refractivity contribution is -0.144. The van der Waals surface area contributed by atoms with Gasteiger partial charge in [0.1, 0.15) is 5.69 Å². The molecule has 70 valence electrons. The van der Waals surface area contributed by atoms with Gasteiger partial charge >= 0.3 is 0 Å². The van der Waals surface area contributed by atoms with Crippen molar-refractivity contribution in [1.29, 1.82) is 0 Å². The number of nitrogens with one attached hydrogen (secondary N) is 1. The van der Waals surface area contributed by atoms with Crippen LogP contribution in [0.15, 0.2) is 18.3 Å². The van der Waals surface area contributed by atoms with Gasteiger partial charge in [0, 0.05) is 12.7 Å². The Morgan fingerprint density at radius 1 is 1.54 bits per heavy atom. The Bertz CT molecular complexity index is 276. The van der Waals surface area contributed by atoms with Crippen molar-refractivity contribution in [2.75, 3.05) is 13.2 Å². The highest BCUT2D eigenvalue weighted by Gasteiger charge is 2.19. The van der Waals surface area contributed by atoms with Gasteiger partial charge in [-0.2, -0.15) is 0 Å². The van der Waals surface area contributed by atoms with E-state index in [9.17, 15) is 4.79 Å². The van der Waals surface area contributed by atoms with Gasteiger partial charge < -0.3 is 4.98 Å².